The zero-order valence-corrected chi connectivity index (χ0v) is 16.8. The summed E-state index contributed by atoms with van der Waals surface area (Å²) >= 11 is 1.27. The van der Waals surface area contributed by atoms with Gasteiger partial charge in [-0.2, -0.15) is 0 Å². The Bertz CT molecular complexity index is 1010. The van der Waals surface area contributed by atoms with Crippen LogP contribution in [0.2, 0.25) is 0 Å². The number of nitrogens with zero attached hydrogens (tertiary/aromatic N) is 4. The molecule has 150 valence electrons. The summed E-state index contributed by atoms with van der Waals surface area (Å²) in [6.45, 7) is 2.27. The fourth-order valence-corrected chi connectivity index (χ4v) is 3.37. The Morgan fingerprint density at radius 3 is 2.62 bits per heavy atom. The van der Waals surface area contributed by atoms with Crippen LogP contribution in [0.15, 0.2) is 60.0 Å². The second kappa shape index (κ2) is 9.33. The van der Waals surface area contributed by atoms with Gasteiger partial charge in [0.15, 0.2) is 5.16 Å². The molecule has 0 unspecified atom stereocenters. The summed E-state index contributed by atoms with van der Waals surface area (Å²) < 4.78 is 14.9. The number of hydrogen-bond acceptors (Lipinski definition) is 5. The third-order valence-corrected chi connectivity index (χ3v) is 5.13. The van der Waals surface area contributed by atoms with Gasteiger partial charge in [-0.15, -0.1) is 10.2 Å². The maximum Gasteiger partial charge on any atom is 0.258 e. The van der Waals surface area contributed by atoms with Crippen LogP contribution >= 0.6 is 11.8 Å². The molecule has 0 fully saturated rings. The fraction of sp³-hybridized carbons (Fsp3) is 0.200. The summed E-state index contributed by atoms with van der Waals surface area (Å²) in [6.07, 6.45) is 1.57. The van der Waals surface area contributed by atoms with Crippen LogP contribution in [0.5, 0.6) is 0 Å². The molecule has 1 aromatic heterocycles. The Hall–Kier alpha value is -3.20. The monoisotopic (exact) mass is 413 g/mol. The number of nitrogens with one attached hydrogen (secondary N) is 1. The van der Waals surface area contributed by atoms with Crippen molar-refractivity contribution >= 4 is 35.0 Å². The van der Waals surface area contributed by atoms with Crippen molar-refractivity contribution < 1.29 is 14.0 Å². The van der Waals surface area contributed by atoms with Crippen LogP contribution in [0.1, 0.15) is 17.3 Å². The lowest BCUT2D eigenvalue weighted by atomic mass is 10.1. The Balaban J connectivity index is 1.67. The molecule has 0 aliphatic carbocycles. The lowest BCUT2D eigenvalue weighted by molar-refractivity contribution is -0.113. The predicted molar refractivity (Wildman–Crippen MR) is 111 cm³/mol. The third kappa shape index (κ3) is 5.20. The molecule has 0 spiro atoms. The van der Waals surface area contributed by atoms with Crippen LogP contribution in [-0.4, -0.2) is 38.9 Å². The van der Waals surface area contributed by atoms with Crippen molar-refractivity contribution in [3.8, 4) is 0 Å². The van der Waals surface area contributed by atoms with Crippen molar-refractivity contribution in [1.82, 2.24) is 14.8 Å². The standard InChI is InChI=1S/C20H20FN5O2S/c1-3-26(17-9-7-15(21)8-10-17)19(28)14-5-4-6-16(11-14)23-18(27)12-29-20-24-22-13-25(20)2/h4-11,13H,3,12H2,1-2H3,(H,23,27). The van der Waals surface area contributed by atoms with E-state index in [1.54, 1.807) is 59.2 Å². The molecule has 2 aromatic carbocycles. The molecule has 1 heterocycles. The minimum Gasteiger partial charge on any atom is -0.325 e. The Labute approximate surface area is 171 Å². The maximum absolute atomic E-state index is 13.2. The SMILES string of the molecule is CCN(C(=O)c1cccc(NC(=O)CSc2nncn2C)c1)c1ccc(F)cc1. The highest BCUT2D eigenvalue weighted by Crippen LogP contribution is 2.20. The predicted octanol–water partition coefficient (Wildman–Crippen LogP) is 3.35. The number of carbonyl (C=O) groups is 2. The first-order valence-electron chi connectivity index (χ1n) is 8.92. The van der Waals surface area contributed by atoms with Gasteiger partial charge in [0.2, 0.25) is 5.91 Å². The molecule has 3 rings (SSSR count). The minimum absolute atomic E-state index is 0.168. The van der Waals surface area contributed by atoms with E-state index < -0.39 is 0 Å². The second-order valence-electron chi connectivity index (χ2n) is 6.17. The van der Waals surface area contributed by atoms with E-state index in [0.717, 1.165) is 0 Å². The summed E-state index contributed by atoms with van der Waals surface area (Å²) in [4.78, 5) is 26.7. The number of aryl methyl sites for hydroxylation is 1. The number of halogens is 1. The molecule has 2 amide bonds. The van der Waals surface area contributed by atoms with Crippen molar-refractivity contribution in [3.63, 3.8) is 0 Å². The molecule has 1 N–H and O–H groups in total. The number of rotatable bonds is 7. The summed E-state index contributed by atoms with van der Waals surface area (Å²) in [5, 5.41) is 11.1. The van der Waals surface area contributed by atoms with Gasteiger partial charge in [0.1, 0.15) is 12.1 Å². The normalized spacial score (nSPS) is 10.6. The van der Waals surface area contributed by atoms with Gasteiger partial charge in [0.05, 0.1) is 5.75 Å². The quantitative estimate of drug-likeness (QED) is 0.601. The van der Waals surface area contributed by atoms with Crippen molar-refractivity contribution in [2.24, 2.45) is 7.05 Å². The van der Waals surface area contributed by atoms with Crippen molar-refractivity contribution in [2.45, 2.75) is 12.1 Å². The topological polar surface area (TPSA) is 80.1 Å². The van der Waals surface area contributed by atoms with E-state index >= 15 is 0 Å². The Morgan fingerprint density at radius 2 is 1.97 bits per heavy atom. The van der Waals surface area contributed by atoms with Crippen LogP contribution in [0.25, 0.3) is 0 Å². The molecule has 0 aliphatic rings. The zero-order chi connectivity index (χ0) is 20.8. The van der Waals surface area contributed by atoms with Crippen LogP contribution < -0.4 is 10.2 Å². The first kappa shape index (κ1) is 20.5. The average molecular weight is 413 g/mol. The Kier molecular flexibility index (Phi) is 6.61. The number of aromatic nitrogens is 3. The van der Waals surface area contributed by atoms with Gasteiger partial charge in [-0.1, -0.05) is 17.8 Å². The van der Waals surface area contributed by atoms with E-state index in [4.69, 9.17) is 0 Å². The van der Waals surface area contributed by atoms with Gasteiger partial charge >= 0.3 is 0 Å². The minimum atomic E-state index is -0.360. The van der Waals surface area contributed by atoms with Gasteiger partial charge in [0.25, 0.3) is 5.91 Å². The van der Waals surface area contributed by atoms with E-state index in [0.29, 0.717) is 28.6 Å². The second-order valence-corrected chi connectivity index (χ2v) is 7.11. The number of amides is 2. The highest BCUT2D eigenvalue weighted by molar-refractivity contribution is 7.99. The van der Waals surface area contributed by atoms with Crippen molar-refractivity contribution in [2.75, 3.05) is 22.5 Å². The molecule has 3 aromatic rings. The van der Waals surface area contributed by atoms with E-state index in [9.17, 15) is 14.0 Å². The zero-order valence-electron chi connectivity index (χ0n) is 16.0. The van der Waals surface area contributed by atoms with E-state index in [1.165, 1.54) is 23.9 Å². The lowest BCUT2D eigenvalue weighted by Crippen LogP contribution is -2.30. The maximum atomic E-state index is 13.2. The van der Waals surface area contributed by atoms with Gasteiger partial charge in [-0.05, 0) is 49.4 Å². The van der Waals surface area contributed by atoms with Gasteiger partial charge in [-0.25, -0.2) is 4.39 Å². The first-order valence-corrected chi connectivity index (χ1v) is 9.90. The molecule has 9 heteroatoms. The molecule has 0 saturated carbocycles. The van der Waals surface area contributed by atoms with Gasteiger partial charge in [0, 0.05) is 30.5 Å². The molecular weight excluding hydrogens is 393 g/mol. The molecule has 0 bridgehead atoms. The van der Waals surface area contributed by atoms with Crippen LogP contribution in [0, 0.1) is 5.82 Å². The molecule has 0 saturated heterocycles. The van der Waals surface area contributed by atoms with Gasteiger partial charge in [-0.3, -0.25) is 9.59 Å². The van der Waals surface area contributed by atoms with Gasteiger partial charge < -0.3 is 14.8 Å². The molecule has 0 atom stereocenters. The van der Waals surface area contributed by atoms with E-state index in [1.807, 2.05) is 6.92 Å². The van der Waals surface area contributed by atoms with Crippen LogP contribution in [0.3, 0.4) is 0 Å². The highest BCUT2D eigenvalue weighted by Gasteiger charge is 2.17. The lowest BCUT2D eigenvalue weighted by Gasteiger charge is -2.21. The molecule has 0 radical (unpaired) electrons. The van der Waals surface area contributed by atoms with Crippen molar-refractivity contribution in [3.05, 3.63) is 66.2 Å². The highest BCUT2D eigenvalue weighted by atomic mass is 32.2. The first-order chi connectivity index (χ1) is 14.0. The number of anilines is 2. The van der Waals surface area contributed by atoms with E-state index in [2.05, 4.69) is 15.5 Å². The van der Waals surface area contributed by atoms with Crippen LogP contribution in [-0.2, 0) is 11.8 Å². The van der Waals surface area contributed by atoms with Crippen LogP contribution in [0.4, 0.5) is 15.8 Å². The molecular formula is C20H20FN5O2S. The summed E-state index contributed by atoms with van der Waals surface area (Å²) in [5.74, 6) is -0.639. The molecule has 7 nitrogen and oxygen atoms in total. The van der Waals surface area contributed by atoms with E-state index in [-0.39, 0.29) is 23.4 Å². The fourth-order valence-electron chi connectivity index (χ4n) is 2.68. The third-order valence-electron chi connectivity index (χ3n) is 4.10. The molecule has 29 heavy (non-hydrogen) atoms. The number of hydrogen-bond donors (Lipinski definition) is 1. The molecule has 0 aliphatic heterocycles. The number of carbonyl (C=O) groups excluding carboxylic acids is 2. The number of benzene rings is 2. The summed E-state index contributed by atoms with van der Waals surface area (Å²) in [7, 11) is 1.80. The summed E-state index contributed by atoms with van der Waals surface area (Å²) in [5.41, 5.74) is 1.55. The van der Waals surface area contributed by atoms with Crippen molar-refractivity contribution in [1.29, 1.82) is 0 Å². The Morgan fingerprint density at radius 1 is 1.21 bits per heavy atom. The number of thioether (sulfide) groups is 1. The largest absolute Gasteiger partial charge is 0.325 e. The summed E-state index contributed by atoms with van der Waals surface area (Å²) in [6, 6.07) is 12.5. The smallest absolute Gasteiger partial charge is 0.258 e. The average Bonchev–Trinajstić information content (AvgIpc) is 3.13.